The molecule has 0 saturated heterocycles. The Morgan fingerprint density at radius 3 is 2.40 bits per heavy atom. The Labute approximate surface area is 124 Å². The van der Waals surface area contributed by atoms with E-state index in [0.29, 0.717) is 17.4 Å². The summed E-state index contributed by atoms with van der Waals surface area (Å²) in [6.07, 6.45) is 1.68. The first-order chi connectivity index (χ1) is 9.41. The van der Waals surface area contributed by atoms with Crippen LogP contribution in [-0.2, 0) is 16.6 Å². The van der Waals surface area contributed by atoms with Crippen molar-refractivity contribution in [3.8, 4) is 0 Å². The van der Waals surface area contributed by atoms with Gasteiger partial charge in [0.05, 0.1) is 11.4 Å². The molecule has 0 aliphatic rings. The first-order valence-corrected chi connectivity index (χ1v) is 8.68. The van der Waals surface area contributed by atoms with Crippen LogP contribution in [0.5, 0.6) is 0 Å². The van der Waals surface area contributed by atoms with Crippen LogP contribution >= 0.6 is 11.3 Å². The van der Waals surface area contributed by atoms with E-state index in [1.165, 1.54) is 15.6 Å². The van der Waals surface area contributed by atoms with Gasteiger partial charge >= 0.3 is 0 Å². The summed E-state index contributed by atoms with van der Waals surface area (Å²) in [5.41, 5.74) is 1.13. The topological polar surface area (TPSA) is 50.3 Å². The minimum absolute atomic E-state index is 0.298. The highest BCUT2D eigenvalue weighted by Gasteiger charge is 2.21. The molecule has 0 saturated carbocycles. The smallest absolute Gasteiger partial charge is 0.243 e. The number of rotatable bonds is 5. The van der Waals surface area contributed by atoms with E-state index >= 15 is 0 Å². The number of thiazole rings is 1. The zero-order valence-electron chi connectivity index (χ0n) is 11.8. The maximum atomic E-state index is 12.4. The molecule has 2 rings (SSSR count). The largest absolute Gasteiger partial charge is 0.248 e. The van der Waals surface area contributed by atoms with E-state index in [1.54, 1.807) is 25.4 Å². The zero-order chi connectivity index (χ0) is 14.8. The lowest BCUT2D eigenvalue weighted by Crippen LogP contribution is -2.26. The van der Waals surface area contributed by atoms with Gasteiger partial charge in [-0.3, -0.25) is 0 Å². The van der Waals surface area contributed by atoms with Crippen molar-refractivity contribution < 1.29 is 8.42 Å². The van der Waals surface area contributed by atoms with Gasteiger partial charge in [-0.2, -0.15) is 4.31 Å². The predicted octanol–water partition coefficient (Wildman–Crippen LogP) is 3.09. The summed E-state index contributed by atoms with van der Waals surface area (Å²) in [4.78, 5) is 4.43. The Kier molecular flexibility index (Phi) is 4.57. The van der Waals surface area contributed by atoms with Crippen LogP contribution in [0.15, 0.2) is 40.7 Å². The van der Waals surface area contributed by atoms with Crippen LogP contribution < -0.4 is 0 Å². The molecule has 0 aliphatic carbocycles. The maximum absolute atomic E-state index is 12.4. The van der Waals surface area contributed by atoms with Crippen LogP contribution in [0.3, 0.4) is 0 Å². The van der Waals surface area contributed by atoms with Crippen LogP contribution in [-0.4, -0.2) is 24.8 Å². The molecule has 1 heterocycles. The maximum Gasteiger partial charge on any atom is 0.243 e. The highest BCUT2D eigenvalue weighted by molar-refractivity contribution is 7.89. The van der Waals surface area contributed by atoms with E-state index in [2.05, 4.69) is 18.8 Å². The van der Waals surface area contributed by atoms with E-state index in [4.69, 9.17) is 0 Å². The normalized spacial score (nSPS) is 12.2. The molecule has 0 atom stereocenters. The fraction of sp³-hybridized carbons (Fsp3) is 0.357. The Balaban J connectivity index is 2.21. The molecule has 1 aromatic carbocycles. The fourth-order valence-electron chi connectivity index (χ4n) is 1.81. The number of aromatic nitrogens is 1. The summed E-state index contributed by atoms with van der Waals surface area (Å²) in [5.74, 6) is 0.389. The van der Waals surface area contributed by atoms with Crippen LogP contribution in [0.1, 0.15) is 30.3 Å². The molecule has 0 spiro atoms. The number of nitrogens with zero attached hydrogens (tertiary/aromatic N) is 2. The van der Waals surface area contributed by atoms with E-state index in [-0.39, 0.29) is 0 Å². The van der Waals surface area contributed by atoms with Crippen molar-refractivity contribution in [1.82, 2.24) is 9.29 Å². The van der Waals surface area contributed by atoms with Gasteiger partial charge in [-0.05, 0) is 23.6 Å². The number of sulfonamides is 1. The predicted molar refractivity (Wildman–Crippen MR) is 81.3 cm³/mol. The van der Waals surface area contributed by atoms with Gasteiger partial charge in [-0.25, -0.2) is 13.4 Å². The lowest BCUT2D eigenvalue weighted by molar-refractivity contribution is 0.466. The fourth-order valence-corrected chi connectivity index (χ4v) is 3.69. The number of benzene rings is 1. The van der Waals surface area contributed by atoms with Crippen molar-refractivity contribution >= 4 is 21.4 Å². The molecule has 0 N–H and O–H groups in total. The molecular formula is C14H18N2O2S2. The van der Waals surface area contributed by atoms with Crippen LogP contribution in [0.4, 0.5) is 0 Å². The van der Waals surface area contributed by atoms with Crippen molar-refractivity contribution in [2.45, 2.75) is 31.2 Å². The van der Waals surface area contributed by atoms with Crippen molar-refractivity contribution in [1.29, 1.82) is 0 Å². The van der Waals surface area contributed by atoms with Gasteiger partial charge in [0.2, 0.25) is 10.0 Å². The molecule has 0 bridgehead atoms. The second kappa shape index (κ2) is 6.03. The molecule has 20 heavy (non-hydrogen) atoms. The van der Waals surface area contributed by atoms with E-state index in [0.717, 1.165) is 10.6 Å². The van der Waals surface area contributed by atoms with Gasteiger partial charge in [0.1, 0.15) is 5.01 Å². The van der Waals surface area contributed by atoms with Crippen LogP contribution in [0.25, 0.3) is 0 Å². The minimum atomic E-state index is -3.46. The Hall–Kier alpha value is -1.24. The van der Waals surface area contributed by atoms with Gasteiger partial charge in [0, 0.05) is 18.6 Å². The summed E-state index contributed by atoms with van der Waals surface area (Å²) < 4.78 is 26.2. The van der Waals surface area contributed by atoms with Gasteiger partial charge in [-0.15, -0.1) is 11.3 Å². The molecule has 0 fully saturated rings. The van der Waals surface area contributed by atoms with Gasteiger partial charge < -0.3 is 0 Å². The molecule has 0 amide bonds. The Morgan fingerprint density at radius 1 is 1.25 bits per heavy atom. The first kappa shape index (κ1) is 15.2. The highest BCUT2D eigenvalue weighted by atomic mass is 32.2. The molecule has 4 nitrogen and oxygen atoms in total. The lowest BCUT2D eigenvalue weighted by Gasteiger charge is -2.16. The summed E-state index contributed by atoms with van der Waals surface area (Å²) in [6, 6.07) is 7.08. The van der Waals surface area contributed by atoms with E-state index in [9.17, 15) is 8.42 Å². The van der Waals surface area contributed by atoms with Gasteiger partial charge in [0.25, 0.3) is 0 Å². The van der Waals surface area contributed by atoms with Crippen molar-refractivity contribution in [2.24, 2.45) is 0 Å². The van der Waals surface area contributed by atoms with Gasteiger partial charge in [0.15, 0.2) is 0 Å². The average Bonchev–Trinajstić information content (AvgIpc) is 2.91. The summed E-state index contributed by atoms with van der Waals surface area (Å²) in [6.45, 7) is 4.46. The van der Waals surface area contributed by atoms with E-state index in [1.807, 2.05) is 17.5 Å². The molecule has 0 aliphatic heterocycles. The third-order valence-corrected chi connectivity index (χ3v) is 5.68. The van der Waals surface area contributed by atoms with Crippen molar-refractivity contribution in [2.75, 3.05) is 7.05 Å². The Morgan fingerprint density at radius 2 is 1.90 bits per heavy atom. The summed E-state index contributed by atoms with van der Waals surface area (Å²) in [5, 5.41) is 2.63. The highest BCUT2D eigenvalue weighted by Crippen LogP contribution is 2.21. The standard InChI is InChI=1S/C14H18N2O2S2/c1-11(2)12-4-6-13(7-5-12)20(17,18)16(3)10-14-15-8-9-19-14/h4-9,11H,10H2,1-3H3. The second-order valence-corrected chi connectivity index (χ2v) is 7.93. The molecule has 108 valence electrons. The zero-order valence-corrected chi connectivity index (χ0v) is 13.4. The average molecular weight is 310 g/mol. The minimum Gasteiger partial charge on any atom is -0.248 e. The lowest BCUT2D eigenvalue weighted by atomic mass is 10.0. The van der Waals surface area contributed by atoms with Crippen molar-refractivity contribution in [3.05, 3.63) is 46.4 Å². The van der Waals surface area contributed by atoms with Crippen LogP contribution in [0, 0.1) is 0 Å². The second-order valence-electron chi connectivity index (χ2n) is 4.91. The third kappa shape index (κ3) is 3.26. The SMILES string of the molecule is CC(C)c1ccc(S(=O)(=O)N(C)Cc2nccs2)cc1. The third-order valence-electron chi connectivity index (χ3n) is 3.10. The number of hydrogen-bond acceptors (Lipinski definition) is 4. The summed E-state index contributed by atoms with van der Waals surface area (Å²) in [7, 11) is -1.88. The Bertz CT molecular complexity index is 647. The van der Waals surface area contributed by atoms with Crippen molar-refractivity contribution in [3.63, 3.8) is 0 Å². The van der Waals surface area contributed by atoms with Gasteiger partial charge in [-0.1, -0.05) is 26.0 Å². The molecule has 0 radical (unpaired) electrons. The molecule has 6 heteroatoms. The molecule has 2 aromatic rings. The molecule has 1 aromatic heterocycles. The molecule has 0 unspecified atom stereocenters. The summed E-state index contributed by atoms with van der Waals surface area (Å²) >= 11 is 1.45. The van der Waals surface area contributed by atoms with E-state index < -0.39 is 10.0 Å². The first-order valence-electron chi connectivity index (χ1n) is 6.36. The molecular weight excluding hydrogens is 292 g/mol. The number of hydrogen-bond donors (Lipinski definition) is 0. The quantitative estimate of drug-likeness (QED) is 0.852. The van der Waals surface area contributed by atoms with Crippen LogP contribution in [0.2, 0.25) is 0 Å². The monoisotopic (exact) mass is 310 g/mol.